The Morgan fingerprint density at radius 3 is 2.47 bits per heavy atom. The van der Waals surface area contributed by atoms with Crippen molar-refractivity contribution in [1.29, 1.82) is 0 Å². The molecule has 0 saturated heterocycles. The predicted molar refractivity (Wildman–Crippen MR) is 167 cm³/mol. The highest BCUT2D eigenvalue weighted by atomic mass is 32.2. The van der Waals surface area contributed by atoms with Gasteiger partial charge in [0.2, 0.25) is 0 Å². The van der Waals surface area contributed by atoms with Crippen LogP contribution in [0.3, 0.4) is 0 Å². The van der Waals surface area contributed by atoms with Gasteiger partial charge in [-0.25, -0.2) is 0 Å². The van der Waals surface area contributed by atoms with Gasteiger partial charge in [-0.05, 0) is 71.7 Å². The lowest BCUT2D eigenvalue weighted by Crippen LogP contribution is -2.05. The molecule has 3 heteroatoms. The van der Waals surface area contributed by atoms with Crippen molar-refractivity contribution in [3.63, 3.8) is 0 Å². The van der Waals surface area contributed by atoms with Crippen LogP contribution in [0.2, 0.25) is 0 Å². The first-order chi connectivity index (χ1) is 18.4. The van der Waals surface area contributed by atoms with E-state index < -0.39 is 10.8 Å². The molecule has 0 spiro atoms. The van der Waals surface area contributed by atoms with Crippen LogP contribution in [0.1, 0.15) is 61.3 Å². The highest BCUT2D eigenvalue weighted by molar-refractivity contribution is 7.88. The van der Waals surface area contributed by atoms with Crippen molar-refractivity contribution in [3.05, 3.63) is 130 Å². The van der Waals surface area contributed by atoms with Crippen LogP contribution in [0.4, 0.5) is 5.69 Å². The van der Waals surface area contributed by atoms with Crippen molar-refractivity contribution < 1.29 is 4.21 Å². The topological polar surface area (TPSA) is 29.4 Å². The summed E-state index contributed by atoms with van der Waals surface area (Å²) in [5, 5.41) is 0. The molecule has 2 atom stereocenters. The SMILES string of the molecule is C=Cc1cc(C(C)C)cc(-c2cccc(CC(C3=CC=C(S(C)=O)CC=C3)c3ccccc3)c2)c1N=CC. The second kappa shape index (κ2) is 12.8. The van der Waals surface area contributed by atoms with E-state index in [1.807, 2.05) is 25.3 Å². The van der Waals surface area contributed by atoms with Crippen LogP contribution >= 0.6 is 0 Å². The zero-order valence-corrected chi connectivity index (χ0v) is 23.7. The van der Waals surface area contributed by atoms with Crippen LogP contribution < -0.4 is 0 Å². The molecule has 1 aliphatic carbocycles. The van der Waals surface area contributed by atoms with Gasteiger partial charge in [-0.2, -0.15) is 0 Å². The molecule has 0 aliphatic heterocycles. The first-order valence-electron chi connectivity index (χ1n) is 13.2. The number of benzene rings is 3. The number of allylic oxidation sites excluding steroid dienone is 6. The lowest BCUT2D eigenvalue weighted by molar-refractivity contribution is 0.689. The van der Waals surface area contributed by atoms with E-state index in [4.69, 9.17) is 4.99 Å². The minimum Gasteiger partial charge on any atom is -0.260 e. The van der Waals surface area contributed by atoms with Crippen LogP contribution in [0.25, 0.3) is 17.2 Å². The summed E-state index contributed by atoms with van der Waals surface area (Å²) in [4.78, 5) is 5.71. The Labute approximate surface area is 230 Å². The minimum absolute atomic E-state index is 0.183. The van der Waals surface area contributed by atoms with Crippen molar-refractivity contribution in [1.82, 2.24) is 0 Å². The molecule has 2 unspecified atom stereocenters. The fraction of sp³-hybridized carbons (Fsp3) is 0.229. The number of hydrogen-bond acceptors (Lipinski definition) is 2. The Hall–Kier alpha value is -3.56. The largest absolute Gasteiger partial charge is 0.260 e. The zero-order valence-electron chi connectivity index (χ0n) is 22.9. The smallest absolute Gasteiger partial charge is 0.0776 e. The van der Waals surface area contributed by atoms with E-state index in [0.717, 1.165) is 40.1 Å². The third kappa shape index (κ3) is 6.46. The molecular weight excluding hydrogens is 482 g/mol. The maximum absolute atomic E-state index is 12.1. The Bertz CT molecular complexity index is 1440. The first kappa shape index (κ1) is 27.5. The van der Waals surface area contributed by atoms with Crippen molar-refractivity contribution in [2.24, 2.45) is 4.99 Å². The molecule has 1 aliphatic rings. The van der Waals surface area contributed by atoms with Crippen molar-refractivity contribution >= 4 is 28.8 Å². The predicted octanol–water partition coefficient (Wildman–Crippen LogP) is 9.32. The van der Waals surface area contributed by atoms with Crippen LogP contribution in [-0.4, -0.2) is 16.7 Å². The Kier molecular flexibility index (Phi) is 9.25. The average Bonchev–Trinajstić information content (AvgIpc) is 3.19. The number of rotatable bonds is 9. The van der Waals surface area contributed by atoms with E-state index in [1.165, 1.54) is 22.3 Å². The van der Waals surface area contributed by atoms with E-state index in [2.05, 4.69) is 105 Å². The fourth-order valence-corrected chi connectivity index (χ4v) is 5.54. The van der Waals surface area contributed by atoms with Crippen molar-refractivity contribution in [2.45, 2.75) is 45.4 Å². The van der Waals surface area contributed by atoms with E-state index >= 15 is 0 Å². The van der Waals surface area contributed by atoms with Gasteiger partial charge in [0, 0.05) is 45.2 Å². The van der Waals surface area contributed by atoms with Gasteiger partial charge in [-0.3, -0.25) is 9.20 Å². The second-order valence-electron chi connectivity index (χ2n) is 9.98. The third-order valence-electron chi connectivity index (χ3n) is 7.05. The maximum Gasteiger partial charge on any atom is 0.0776 e. The average molecular weight is 520 g/mol. The Morgan fingerprint density at radius 1 is 1.00 bits per heavy atom. The summed E-state index contributed by atoms with van der Waals surface area (Å²) in [6, 6.07) is 24.0. The lowest BCUT2D eigenvalue weighted by atomic mass is 9.84. The molecule has 0 aromatic heterocycles. The van der Waals surface area contributed by atoms with Gasteiger partial charge >= 0.3 is 0 Å². The third-order valence-corrected chi connectivity index (χ3v) is 8.09. The molecule has 0 heterocycles. The molecule has 0 fully saturated rings. The number of nitrogens with zero attached hydrogens (tertiary/aromatic N) is 1. The highest BCUT2D eigenvalue weighted by Gasteiger charge is 2.18. The second-order valence-corrected chi connectivity index (χ2v) is 11.4. The minimum atomic E-state index is -0.964. The Morgan fingerprint density at radius 2 is 1.79 bits per heavy atom. The molecule has 4 rings (SSSR count). The van der Waals surface area contributed by atoms with E-state index in [-0.39, 0.29) is 5.92 Å². The standard InChI is InChI=1S/C35H37NOS/c1-6-27-23-31(25(3)4)24-34(35(27)36-7-2)30-17-11-13-26(21-30)22-33(28-14-9-8-10-15-28)29-16-12-18-32(20-19-29)38(5)37/h6-17,19-21,23-25,33H,1,18,22H2,2-5H3. The molecule has 194 valence electrons. The fourth-order valence-electron chi connectivity index (χ4n) is 4.95. The monoisotopic (exact) mass is 519 g/mol. The summed E-state index contributed by atoms with van der Waals surface area (Å²) < 4.78 is 12.1. The molecule has 3 aromatic rings. The summed E-state index contributed by atoms with van der Waals surface area (Å²) >= 11 is 0. The van der Waals surface area contributed by atoms with Crippen molar-refractivity contribution in [3.8, 4) is 11.1 Å². The molecule has 0 N–H and O–H groups in total. The molecular formula is C35H37NOS. The van der Waals surface area contributed by atoms with Gasteiger partial charge in [0.25, 0.3) is 0 Å². The number of hydrogen-bond donors (Lipinski definition) is 0. The molecule has 2 nitrogen and oxygen atoms in total. The quantitative estimate of drug-likeness (QED) is 0.259. The summed E-state index contributed by atoms with van der Waals surface area (Å²) in [5.41, 5.74) is 9.36. The maximum atomic E-state index is 12.1. The molecule has 0 bridgehead atoms. The van der Waals surface area contributed by atoms with E-state index in [0.29, 0.717) is 5.92 Å². The lowest BCUT2D eigenvalue weighted by Gasteiger charge is -2.20. The molecule has 0 radical (unpaired) electrons. The number of aliphatic imine (C=N–C) groups is 1. The molecule has 0 amide bonds. The zero-order chi connectivity index (χ0) is 27.1. The summed E-state index contributed by atoms with van der Waals surface area (Å²) in [5.74, 6) is 0.588. The molecule has 38 heavy (non-hydrogen) atoms. The molecule has 0 saturated carbocycles. The van der Waals surface area contributed by atoms with Crippen LogP contribution in [0, 0.1) is 0 Å². The van der Waals surface area contributed by atoms with Crippen molar-refractivity contribution in [2.75, 3.05) is 6.26 Å². The Balaban J connectivity index is 1.79. The summed E-state index contributed by atoms with van der Waals surface area (Å²) in [7, 11) is -0.964. The van der Waals surface area contributed by atoms with Gasteiger partial charge in [-0.1, -0.05) is 99.3 Å². The van der Waals surface area contributed by atoms with Crippen LogP contribution in [0.5, 0.6) is 0 Å². The van der Waals surface area contributed by atoms with E-state index in [1.54, 1.807) is 6.26 Å². The van der Waals surface area contributed by atoms with Crippen LogP contribution in [0.15, 0.2) is 113 Å². The normalized spacial score (nSPS) is 15.2. The van der Waals surface area contributed by atoms with Gasteiger partial charge in [-0.15, -0.1) is 0 Å². The van der Waals surface area contributed by atoms with Gasteiger partial charge in [0.15, 0.2) is 0 Å². The molecule has 3 aromatic carbocycles. The summed E-state index contributed by atoms with van der Waals surface area (Å²) in [6.45, 7) is 10.5. The van der Waals surface area contributed by atoms with Gasteiger partial charge in [0.1, 0.15) is 0 Å². The highest BCUT2D eigenvalue weighted by Crippen LogP contribution is 2.39. The first-order valence-corrected chi connectivity index (χ1v) is 14.8. The van der Waals surface area contributed by atoms with Crippen LogP contribution in [-0.2, 0) is 17.2 Å². The van der Waals surface area contributed by atoms with Gasteiger partial charge < -0.3 is 0 Å². The van der Waals surface area contributed by atoms with E-state index in [9.17, 15) is 4.21 Å². The summed E-state index contributed by atoms with van der Waals surface area (Å²) in [6.07, 6.45) is 15.6. The van der Waals surface area contributed by atoms with Gasteiger partial charge in [0.05, 0.1) is 5.69 Å².